The summed E-state index contributed by atoms with van der Waals surface area (Å²) in [6.07, 6.45) is 6.24. The third-order valence-corrected chi connectivity index (χ3v) is 5.83. The average Bonchev–Trinajstić information content (AvgIpc) is 2.73. The molecule has 1 aromatic rings. The van der Waals surface area contributed by atoms with Crippen molar-refractivity contribution in [3.05, 3.63) is 35.4 Å². The number of amides is 1. The van der Waals surface area contributed by atoms with E-state index in [-0.39, 0.29) is 18.6 Å². The number of piperazine rings is 1. The van der Waals surface area contributed by atoms with E-state index in [0.717, 1.165) is 44.6 Å². The molecule has 0 unspecified atom stereocenters. The van der Waals surface area contributed by atoms with Crippen LogP contribution in [0.4, 0.5) is 0 Å². The van der Waals surface area contributed by atoms with E-state index in [9.17, 15) is 4.79 Å². The van der Waals surface area contributed by atoms with Crippen LogP contribution in [0.3, 0.4) is 0 Å². The van der Waals surface area contributed by atoms with Crippen molar-refractivity contribution < 1.29 is 9.53 Å². The van der Waals surface area contributed by atoms with Crippen molar-refractivity contribution in [2.24, 2.45) is 0 Å². The Morgan fingerprint density at radius 3 is 2.30 bits per heavy atom. The molecular formula is C22H35N3O2. The Balaban J connectivity index is 1.34. The molecule has 3 rings (SSSR count). The topological polar surface area (TPSA) is 44.8 Å². The highest BCUT2D eigenvalue weighted by atomic mass is 16.5. The predicted molar refractivity (Wildman–Crippen MR) is 109 cm³/mol. The molecule has 150 valence electrons. The maximum atomic E-state index is 12.0. The van der Waals surface area contributed by atoms with Gasteiger partial charge in [0.2, 0.25) is 5.91 Å². The van der Waals surface area contributed by atoms with Gasteiger partial charge in [0, 0.05) is 39.3 Å². The van der Waals surface area contributed by atoms with Crippen LogP contribution in [0.2, 0.25) is 0 Å². The summed E-state index contributed by atoms with van der Waals surface area (Å²) in [6, 6.07) is 8.62. The van der Waals surface area contributed by atoms with Gasteiger partial charge < -0.3 is 15.0 Å². The summed E-state index contributed by atoms with van der Waals surface area (Å²) in [5, 5.41) is 2.97. The zero-order valence-corrected chi connectivity index (χ0v) is 16.8. The Labute approximate surface area is 164 Å². The van der Waals surface area contributed by atoms with Crippen molar-refractivity contribution in [1.29, 1.82) is 0 Å². The lowest BCUT2D eigenvalue weighted by molar-refractivity contribution is -0.128. The Hall–Kier alpha value is -1.43. The first-order valence-corrected chi connectivity index (χ1v) is 10.6. The molecule has 5 heteroatoms. The van der Waals surface area contributed by atoms with Gasteiger partial charge in [-0.15, -0.1) is 0 Å². The molecule has 1 heterocycles. The molecule has 5 nitrogen and oxygen atoms in total. The molecule has 1 N–H and O–H groups in total. The number of carbonyl (C=O) groups is 1. The van der Waals surface area contributed by atoms with E-state index in [1.165, 1.54) is 37.9 Å². The number of hydrogen-bond donors (Lipinski definition) is 1. The van der Waals surface area contributed by atoms with Gasteiger partial charge in [0.15, 0.2) is 0 Å². The summed E-state index contributed by atoms with van der Waals surface area (Å²) < 4.78 is 5.73. The molecule has 27 heavy (non-hydrogen) atoms. The molecular weight excluding hydrogens is 338 g/mol. The molecule has 2 aliphatic rings. The Morgan fingerprint density at radius 2 is 1.63 bits per heavy atom. The standard InChI is InChI=1S/C22H35N3O2/c1-2-24-12-14-25(15-13-24)17-20-10-8-19(9-11-20)16-23-22(26)18-27-21-6-4-3-5-7-21/h8-11,21H,2-7,12-18H2,1H3,(H,23,26). The first kappa shape index (κ1) is 20.3. The van der Waals surface area contributed by atoms with E-state index in [4.69, 9.17) is 4.74 Å². The van der Waals surface area contributed by atoms with Crippen LogP contribution in [-0.2, 0) is 22.6 Å². The fourth-order valence-corrected chi connectivity index (χ4v) is 3.96. The Kier molecular flexibility index (Phi) is 8.11. The Morgan fingerprint density at radius 1 is 1.00 bits per heavy atom. The maximum absolute atomic E-state index is 12.0. The van der Waals surface area contributed by atoms with E-state index in [2.05, 4.69) is 46.3 Å². The van der Waals surface area contributed by atoms with Crippen LogP contribution in [0, 0.1) is 0 Å². The van der Waals surface area contributed by atoms with Gasteiger partial charge in [-0.25, -0.2) is 0 Å². The van der Waals surface area contributed by atoms with E-state index >= 15 is 0 Å². The third kappa shape index (κ3) is 6.91. The van der Waals surface area contributed by atoms with Gasteiger partial charge in [-0.3, -0.25) is 9.69 Å². The number of nitrogens with zero attached hydrogens (tertiary/aromatic N) is 2. The van der Waals surface area contributed by atoms with Crippen LogP contribution < -0.4 is 5.32 Å². The van der Waals surface area contributed by atoms with Crippen LogP contribution in [0.15, 0.2) is 24.3 Å². The molecule has 0 bridgehead atoms. The number of carbonyl (C=O) groups excluding carboxylic acids is 1. The first-order chi connectivity index (χ1) is 13.2. The highest BCUT2D eigenvalue weighted by Gasteiger charge is 2.16. The lowest BCUT2D eigenvalue weighted by atomic mass is 9.98. The number of likely N-dealkylation sites (N-methyl/N-ethyl adjacent to an activating group) is 1. The van der Waals surface area contributed by atoms with Gasteiger partial charge >= 0.3 is 0 Å². The van der Waals surface area contributed by atoms with Gasteiger partial charge in [-0.2, -0.15) is 0 Å². The summed E-state index contributed by atoms with van der Waals surface area (Å²) in [4.78, 5) is 17.0. The van der Waals surface area contributed by atoms with Gasteiger partial charge in [0.05, 0.1) is 6.10 Å². The Bertz CT molecular complexity index is 561. The van der Waals surface area contributed by atoms with E-state index in [0.29, 0.717) is 6.54 Å². The van der Waals surface area contributed by atoms with Crippen LogP contribution in [0.5, 0.6) is 0 Å². The normalized spacial score (nSPS) is 19.9. The smallest absolute Gasteiger partial charge is 0.246 e. The van der Waals surface area contributed by atoms with E-state index in [1.807, 2.05) is 0 Å². The van der Waals surface area contributed by atoms with E-state index in [1.54, 1.807) is 0 Å². The molecule has 0 radical (unpaired) electrons. The molecule has 1 aliphatic carbocycles. The molecule has 1 saturated heterocycles. The van der Waals surface area contributed by atoms with Crippen LogP contribution in [-0.4, -0.2) is 61.1 Å². The fraction of sp³-hybridized carbons (Fsp3) is 0.682. The van der Waals surface area contributed by atoms with Gasteiger partial charge in [0.25, 0.3) is 0 Å². The monoisotopic (exact) mass is 373 g/mol. The fourth-order valence-electron chi connectivity index (χ4n) is 3.96. The van der Waals surface area contributed by atoms with Crippen molar-refractivity contribution in [2.75, 3.05) is 39.3 Å². The first-order valence-electron chi connectivity index (χ1n) is 10.6. The van der Waals surface area contributed by atoms with Crippen molar-refractivity contribution >= 4 is 5.91 Å². The van der Waals surface area contributed by atoms with Crippen LogP contribution >= 0.6 is 0 Å². The number of benzene rings is 1. The predicted octanol–water partition coefficient (Wildman–Crippen LogP) is 2.79. The SMILES string of the molecule is CCN1CCN(Cc2ccc(CNC(=O)COC3CCCCC3)cc2)CC1. The molecule has 1 aromatic carbocycles. The second-order valence-electron chi connectivity index (χ2n) is 7.87. The zero-order valence-electron chi connectivity index (χ0n) is 16.8. The van der Waals surface area contributed by atoms with Crippen molar-refractivity contribution in [1.82, 2.24) is 15.1 Å². The second kappa shape index (κ2) is 10.8. The highest BCUT2D eigenvalue weighted by molar-refractivity contribution is 5.77. The summed E-state index contributed by atoms with van der Waals surface area (Å²) in [6.45, 7) is 9.79. The molecule has 1 aliphatic heterocycles. The number of hydrogen-bond acceptors (Lipinski definition) is 4. The quantitative estimate of drug-likeness (QED) is 0.761. The largest absolute Gasteiger partial charge is 0.368 e. The number of rotatable bonds is 8. The lowest BCUT2D eigenvalue weighted by Crippen LogP contribution is -2.45. The van der Waals surface area contributed by atoms with Gasteiger partial charge in [-0.05, 0) is 30.5 Å². The second-order valence-corrected chi connectivity index (χ2v) is 7.87. The molecule has 1 amide bonds. The lowest BCUT2D eigenvalue weighted by Gasteiger charge is -2.34. The summed E-state index contributed by atoms with van der Waals surface area (Å²) in [7, 11) is 0. The summed E-state index contributed by atoms with van der Waals surface area (Å²) >= 11 is 0. The summed E-state index contributed by atoms with van der Waals surface area (Å²) in [5.74, 6) is -0.0153. The molecule has 0 spiro atoms. The minimum Gasteiger partial charge on any atom is -0.368 e. The minimum absolute atomic E-state index is 0.0153. The zero-order chi connectivity index (χ0) is 18.9. The van der Waals surface area contributed by atoms with Gasteiger partial charge in [-0.1, -0.05) is 50.5 Å². The van der Waals surface area contributed by atoms with Crippen molar-refractivity contribution in [2.45, 2.75) is 58.2 Å². The number of ether oxygens (including phenoxy) is 1. The summed E-state index contributed by atoms with van der Waals surface area (Å²) in [5.41, 5.74) is 2.48. The van der Waals surface area contributed by atoms with Crippen LogP contribution in [0.1, 0.15) is 50.2 Å². The van der Waals surface area contributed by atoms with Gasteiger partial charge in [0.1, 0.15) is 6.61 Å². The van der Waals surface area contributed by atoms with E-state index < -0.39 is 0 Å². The third-order valence-electron chi connectivity index (χ3n) is 5.83. The highest BCUT2D eigenvalue weighted by Crippen LogP contribution is 2.20. The molecule has 1 saturated carbocycles. The maximum Gasteiger partial charge on any atom is 0.246 e. The minimum atomic E-state index is -0.0153. The van der Waals surface area contributed by atoms with Crippen LogP contribution in [0.25, 0.3) is 0 Å². The number of nitrogens with one attached hydrogen (secondary N) is 1. The average molecular weight is 374 g/mol. The van der Waals surface area contributed by atoms with Crippen molar-refractivity contribution in [3.8, 4) is 0 Å². The van der Waals surface area contributed by atoms with Crippen molar-refractivity contribution in [3.63, 3.8) is 0 Å². The molecule has 0 atom stereocenters. The molecule has 2 fully saturated rings. The molecule has 0 aromatic heterocycles.